The lowest BCUT2D eigenvalue weighted by Crippen LogP contribution is -2.31. The lowest BCUT2D eigenvalue weighted by atomic mass is 10.1. The lowest BCUT2D eigenvalue weighted by molar-refractivity contribution is -0.123. The zero-order valence-corrected chi connectivity index (χ0v) is 15.4. The van der Waals surface area contributed by atoms with Crippen molar-refractivity contribution in [3.8, 4) is 5.75 Å². The molecule has 8 heteroatoms. The van der Waals surface area contributed by atoms with Crippen LogP contribution in [0.25, 0.3) is 10.8 Å². The first kappa shape index (κ1) is 19.5. The van der Waals surface area contributed by atoms with Crippen LogP contribution in [0.5, 0.6) is 5.75 Å². The molecule has 28 heavy (non-hydrogen) atoms. The molecule has 0 aliphatic heterocycles. The molecule has 3 aromatic rings. The maximum Gasteiger partial charge on any atom is 0.274 e. The molecular formula is C20H20FN3O4. The average molecular weight is 385 g/mol. The topological polar surface area (TPSA) is 82.4 Å². The Morgan fingerprint density at radius 3 is 2.57 bits per heavy atom. The molecule has 0 aliphatic carbocycles. The van der Waals surface area contributed by atoms with Gasteiger partial charge in [0.05, 0.1) is 30.8 Å². The minimum atomic E-state index is -0.377. The molecule has 0 radical (unpaired) electrons. The molecule has 3 rings (SSSR count). The van der Waals surface area contributed by atoms with Gasteiger partial charge in [-0.15, -0.1) is 0 Å². The average Bonchev–Trinajstić information content (AvgIpc) is 2.72. The summed E-state index contributed by atoms with van der Waals surface area (Å²) in [5.74, 6) is -0.337. The molecule has 2 aromatic carbocycles. The fraction of sp³-hybridized carbons (Fsp3) is 0.250. The fourth-order valence-corrected chi connectivity index (χ4v) is 2.68. The van der Waals surface area contributed by atoms with Crippen molar-refractivity contribution in [2.24, 2.45) is 0 Å². The van der Waals surface area contributed by atoms with Gasteiger partial charge in [0.25, 0.3) is 11.5 Å². The van der Waals surface area contributed by atoms with E-state index in [0.717, 1.165) is 0 Å². The molecular weight excluding hydrogens is 365 g/mol. The largest absolute Gasteiger partial charge is 0.484 e. The number of nitrogens with zero attached hydrogens (tertiary/aromatic N) is 2. The molecule has 0 atom stereocenters. The van der Waals surface area contributed by atoms with Crippen LogP contribution in [0, 0.1) is 5.82 Å². The van der Waals surface area contributed by atoms with E-state index in [0.29, 0.717) is 35.4 Å². The molecule has 1 N–H and O–H groups in total. The standard InChI is InChI=1S/C20H20FN3O4/c1-27-11-10-24-20(26)17-5-3-2-4-16(17)18(23-24)12-22-19(25)13-28-15-8-6-14(21)7-9-15/h2-9H,10-13H2,1H3,(H,22,25). The number of amides is 1. The first-order valence-electron chi connectivity index (χ1n) is 8.71. The number of hydrogen-bond donors (Lipinski definition) is 1. The third-order valence-electron chi connectivity index (χ3n) is 4.09. The minimum absolute atomic E-state index is 0.138. The van der Waals surface area contributed by atoms with Gasteiger partial charge in [0.1, 0.15) is 11.6 Å². The Bertz CT molecular complexity index is 1020. The van der Waals surface area contributed by atoms with Crippen LogP contribution in [0.15, 0.2) is 53.3 Å². The molecule has 1 amide bonds. The van der Waals surface area contributed by atoms with Crippen molar-refractivity contribution in [3.05, 3.63) is 70.4 Å². The predicted molar refractivity (Wildman–Crippen MR) is 102 cm³/mol. The molecule has 7 nitrogen and oxygen atoms in total. The van der Waals surface area contributed by atoms with Crippen molar-refractivity contribution in [2.75, 3.05) is 20.3 Å². The van der Waals surface area contributed by atoms with E-state index in [9.17, 15) is 14.0 Å². The third-order valence-corrected chi connectivity index (χ3v) is 4.09. The van der Waals surface area contributed by atoms with Crippen molar-refractivity contribution in [2.45, 2.75) is 13.1 Å². The van der Waals surface area contributed by atoms with Gasteiger partial charge in [0, 0.05) is 12.5 Å². The summed E-state index contributed by atoms with van der Waals surface area (Å²) in [5.41, 5.74) is 0.365. The monoisotopic (exact) mass is 385 g/mol. The van der Waals surface area contributed by atoms with Crippen LogP contribution in [0.4, 0.5) is 4.39 Å². The van der Waals surface area contributed by atoms with E-state index in [1.165, 1.54) is 28.9 Å². The number of methoxy groups -OCH3 is 1. The molecule has 0 saturated heterocycles. The zero-order chi connectivity index (χ0) is 19.9. The summed E-state index contributed by atoms with van der Waals surface area (Å²) in [4.78, 5) is 24.6. The number of benzene rings is 2. The number of carbonyl (C=O) groups is 1. The highest BCUT2D eigenvalue weighted by atomic mass is 19.1. The highest BCUT2D eigenvalue weighted by molar-refractivity contribution is 5.84. The normalized spacial score (nSPS) is 10.8. The van der Waals surface area contributed by atoms with Gasteiger partial charge in [-0.1, -0.05) is 18.2 Å². The quantitative estimate of drug-likeness (QED) is 0.640. The molecule has 0 spiro atoms. The number of rotatable bonds is 8. The van der Waals surface area contributed by atoms with Gasteiger partial charge in [-0.3, -0.25) is 9.59 Å². The Morgan fingerprint density at radius 2 is 1.86 bits per heavy atom. The Labute approximate surface area is 160 Å². The second-order valence-electron chi connectivity index (χ2n) is 6.03. The summed E-state index contributed by atoms with van der Waals surface area (Å²) >= 11 is 0. The van der Waals surface area contributed by atoms with Gasteiger partial charge in [0.15, 0.2) is 6.61 Å². The number of aromatic nitrogens is 2. The molecule has 146 valence electrons. The summed E-state index contributed by atoms with van der Waals surface area (Å²) in [5, 5.41) is 8.30. The summed E-state index contributed by atoms with van der Waals surface area (Å²) in [7, 11) is 1.55. The van der Waals surface area contributed by atoms with E-state index < -0.39 is 0 Å². The Balaban J connectivity index is 1.70. The number of ether oxygens (including phenoxy) is 2. The van der Waals surface area contributed by atoms with Crippen molar-refractivity contribution >= 4 is 16.7 Å². The number of fused-ring (bicyclic) bond motifs is 1. The Kier molecular flexibility index (Phi) is 6.33. The molecule has 0 fully saturated rings. The van der Waals surface area contributed by atoms with Crippen molar-refractivity contribution in [1.29, 1.82) is 0 Å². The maximum absolute atomic E-state index is 12.9. The molecule has 0 bridgehead atoms. The number of halogens is 1. The molecule has 1 heterocycles. The number of carbonyl (C=O) groups excluding carboxylic acids is 1. The second-order valence-corrected chi connectivity index (χ2v) is 6.03. The van der Waals surface area contributed by atoms with Crippen molar-refractivity contribution in [3.63, 3.8) is 0 Å². The Morgan fingerprint density at radius 1 is 1.14 bits per heavy atom. The van der Waals surface area contributed by atoms with E-state index >= 15 is 0 Å². The zero-order valence-electron chi connectivity index (χ0n) is 15.4. The summed E-state index contributed by atoms with van der Waals surface area (Å²) in [6, 6.07) is 12.5. The highest BCUT2D eigenvalue weighted by Crippen LogP contribution is 2.13. The van der Waals surface area contributed by atoms with Crippen LogP contribution in [0.2, 0.25) is 0 Å². The second kappa shape index (κ2) is 9.09. The van der Waals surface area contributed by atoms with E-state index in [2.05, 4.69) is 10.4 Å². The molecule has 1 aromatic heterocycles. The van der Waals surface area contributed by atoms with E-state index in [-0.39, 0.29) is 30.4 Å². The van der Waals surface area contributed by atoms with Crippen LogP contribution in [0.3, 0.4) is 0 Å². The minimum Gasteiger partial charge on any atom is -0.484 e. The van der Waals surface area contributed by atoms with Gasteiger partial charge < -0.3 is 14.8 Å². The van der Waals surface area contributed by atoms with Gasteiger partial charge in [-0.05, 0) is 30.3 Å². The van der Waals surface area contributed by atoms with E-state index in [1.807, 2.05) is 6.07 Å². The van der Waals surface area contributed by atoms with Crippen molar-refractivity contribution in [1.82, 2.24) is 15.1 Å². The molecule has 0 aliphatic rings. The summed E-state index contributed by atoms with van der Waals surface area (Å²) in [6.07, 6.45) is 0. The van der Waals surface area contributed by atoms with E-state index in [1.54, 1.807) is 25.3 Å². The SMILES string of the molecule is COCCn1nc(CNC(=O)COc2ccc(F)cc2)c2ccccc2c1=O. The molecule has 0 unspecified atom stereocenters. The van der Waals surface area contributed by atoms with Gasteiger partial charge in [-0.2, -0.15) is 5.10 Å². The number of nitrogens with one attached hydrogen (secondary N) is 1. The summed E-state index contributed by atoms with van der Waals surface area (Å²) < 4.78 is 24.6. The predicted octanol–water partition coefficient (Wildman–Crippen LogP) is 1.88. The van der Waals surface area contributed by atoms with Crippen LogP contribution < -0.4 is 15.6 Å². The Hall–Kier alpha value is -3.26. The van der Waals surface area contributed by atoms with Crippen LogP contribution in [-0.2, 0) is 22.6 Å². The van der Waals surface area contributed by atoms with Crippen molar-refractivity contribution < 1.29 is 18.7 Å². The summed E-state index contributed by atoms with van der Waals surface area (Å²) in [6.45, 7) is 0.587. The maximum atomic E-state index is 12.9. The van der Waals surface area contributed by atoms with Gasteiger partial charge in [-0.25, -0.2) is 9.07 Å². The first-order chi connectivity index (χ1) is 13.6. The van der Waals surface area contributed by atoms with Gasteiger partial charge >= 0.3 is 0 Å². The van der Waals surface area contributed by atoms with Crippen LogP contribution in [-0.4, -0.2) is 36.0 Å². The smallest absolute Gasteiger partial charge is 0.274 e. The van der Waals surface area contributed by atoms with E-state index in [4.69, 9.17) is 9.47 Å². The highest BCUT2D eigenvalue weighted by Gasteiger charge is 2.11. The van der Waals surface area contributed by atoms with Gasteiger partial charge in [0.2, 0.25) is 0 Å². The number of hydrogen-bond acceptors (Lipinski definition) is 5. The molecule has 0 saturated carbocycles. The lowest BCUT2D eigenvalue weighted by Gasteiger charge is -2.12. The van der Waals surface area contributed by atoms with Crippen LogP contribution >= 0.6 is 0 Å². The third kappa shape index (κ3) is 4.72. The first-order valence-corrected chi connectivity index (χ1v) is 8.71. The van der Waals surface area contributed by atoms with Crippen LogP contribution in [0.1, 0.15) is 5.69 Å². The fourth-order valence-electron chi connectivity index (χ4n) is 2.68.